The molecule has 1 saturated carbocycles. The van der Waals surface area contributed by atoms with E-state index < -0.39 is 0 Å². The summed E-state index contributed by atoms with van der Waals surface area (Å²) in [6, 6.07) is 8.31. The molecule has 2 N–H and O–H groups in total. The number of nitrogens with one attached hydrogen (secondary N) is 2. The van der Waals surface area contributed by atoms with Gasteiger partial charge in [-0.1, -0.05) is 45.4 Å². The fourth-order valence-corrected chi connectivity index (χ4v) is 3.42. The summed E-state index contributed by atoms with van der Waals surface area (Å²) < 4.78 is 5.66. The second kappa shape index (κ2) is 11.9. The first kappa shape index (κ1) is 23.3. The molecule has 1 heterocycles. The zero-order valence-corrected chi connectivity index (χ0v) is 19.0. The molecule has 1 aliphatic heterocycles. The molecule has 3 rings (SSSR count). The van der Waals surface area contributed by atoms with Crippen molar-refractivity contribution in [2.45, 2.75) is 53.4 Å². The standard InChI is InChI=1S/C22H33N3O2.C2H6/c1-4-17(2)22(26)23-16-27-20-9-5-18(6-10-20)15-21(19-7-8-19)25-13-11-24(3)12-14-25;1-2/h5-6,9-10,17H,4,7-8,11-16H2,1-3H3,(H,23,26);1-2H3/p+1. The summed E-state index contributed by atoms with van der Waals surface area (Å²) in [5.41, 5.74) is 4.52. The summed E-state index contributed by atoms with van der Waals surface area (Å²) in [5.74, 6) is 0.872. The highest BCUT2D eigenvalue weighted by Gasteiger charge is 2.25. The monoisotopic (exact) mass is 402 g/mol. The molecule has 1 aliphatic carbocycles. The SMILES string of the molecule is CC.CCC(C)C(=O)NCOc1ccc(CC(=C2CC2)N2CC[NH+](C)CC2)cc1. The molecule has 0 aromatic heterocycles. The quantitative estimate of drug-likeness (QED) is 0.657. The number of allylic oxidation sites excluding steroid dienone is 2. The van der Waals surface area contributed by atoms with Crippen LogP contribution in [0.4, 0.5) is 0 Å². The Kier molecular flexibility index (Phi) is 9.52. The average molecular weight is 403 g/mol. The molecular weight excluding hydrogens is 362 g/mol. The Morgan fingerprint density at radius 2 is 1.79 bits per heavy atom. The Morgan fingerprint density at radius 3 is 2.34 bits per heavy atom. The fraction of sp³-hybridized carbons (Fsp3) is 0.625. The van der Waals surface area contributed by atoms with Crippen LogP contribution >= 0.6 is 0 Å². The second-order valence-electron chi connectivity index (χ2n) is 7.95. The minimum absolute atomic E-state index is 0.0287. The zero-order valence-electron chi connectivity index (χ0n) is 19.0. The van der Waals surface area contributed by atoms with Crippen molar-refractivity contribution in [3.63, 3.8) is 0 Å². The van der Waals surface area contributed by atoms with Crippen LogP contribution in [-0.4, -0.2) is 50.8 Å². The van der Waals surface area contributed by atoms with Gasteiger partial charge >= 0.3 is 0 Å². The van der Waals surface area contributed by atoms with Gasteiger partial charge in [-0.15, -0.1) is 0 Å². The van der Waals surface area contributed by atoms with E-state index >= 15 is 0 Å². The molecule has 1 saturated heterocycles. The number of hydrogen-bond acceptors (Lipinski definition) is 3. The van der Waals surface area contributed by atoms with Gasteiger partial charge in [-0.05, 0) is 37.0 Å². The van der Waals surface area contributed by atoms with E-state index in [-0.39, 0.29) is 18.6 Å². The number of benzene rings is 1. The molecular formula is C24H40N3O2+. The molecule has 1 unspecified atom stereocenters. The van der Waals surface area contributed by atoms with Crippen LogP contribution in [0.5, 0.6) is 5.75 Å². The van der Waals surface area contributed by atoms with Crippen LogP contribution in [0.25, 0.3) is 0 Å². The van der Waals surface area contributed by atoms with Gasteiger partial charge in [0.25, 0.3) is 0 Å². The Morgan fingerprint density at radius 1 is 1.17 bits per heavy atom. The number of ether oxygens (including phenoxy) is 1. The molecule has 0 bridgehead atoms. The number of likely N-dealkylation sites (N-methyl/N-ethyl adjacent to an activating group) is 1. The number of nitrogens with zero attached hydrogens (tertiary/aromatic N) is 1. The molecule has 0 radical (unpaired) electrons. The maximum Gasteiger partial charge on any atom is 0.225 e. The molecule has 162 valence electrons. The first-order chi connectivity index (χ1) is 14.1. The molecule has 29 heavy (non-hydrogen) atoms. The third-order valence-electron chi connectivity index (χ3n) is 5.75. The Labute approximate surface area is 177 Å². The molecule has 2 fully saturated rings. The summed E-state index contributed by atoms with van der Waals surface area (Å²) in [6.45, 7) is 13.0. The van der Waals surface area contributed by atoms with Gasteiger partial charge in [0.1, 0.15) is 5.75 Å². The van der Waals surface area contributed by atoms with Crippen LogP contribution in [0.2, 0.25) is 0 Å². The number of piperazine rings is 1. The van der Waals surface area contributed by atoms with Gasteiger partial charge in [-0.25, -0.2) is 0 Å². The van der Waals surface area contributed by atoms with E-state index in [0.717, 1.165) is 18.6 Å². The minimum Gasteiger partial charge on any atom is -0.473 e. The van der Waals surface area contributed by atoms with Crippen LogP contribution in [0.1, 0.15) is 52.5 Å². The number of hydrogen-bond donors (Lipinski definition) is 2. The van der Waals surface area contributed by atoms with Crippen LogP contribution < -0.4 is 15.0 Å². The minimum atomic E-state index is 0.0287. The van der Waals surface area contributed by atoms with Gasteiger partial charge < -0.3 is 19.9 Å². The van der Waals surface area contributed by atoms with E-state index in [4.69, 9.17) is 4.74 Å². The third-order valence-corrected chi connectivity index (χ3v) is 5.75. The molecule has 1 atom stereocenters. The van der Waals surface area contributed by atoms with Crippen molar-refractivity contribution in [2.24, 2.45) is 5.92 Å². The Bertz CT molecular complexity index is 655. The topological polar surface area (TPSA) is 46.0 Å². The first-order valence-electron chi connectivity index (χ1n) is 11.3. The highest BCUT2D eigenvalue weighted by Crippen LogP contribution is 2.34. The van der Waals surface area contributed by atoms with Crippen LogP contribution in [0, 0.1) is 5.92 Å². The average Bonchev–Trinajstić information content (AvgIpc) is 3.60. The van der Waals surface area contributed by atoms with Crippen LogP contribution in [0.15, 0.2) is 35.5 Å². The van der Waals surface area contributed by atoms with Crippen molar-refractivity contribution < 1.29 is 14.4 Å². The highest BCUT2D eigenvalue weighted by atomic mass is 16.5. The predicted molar refractivity (Wildman–Crippen MR) is 119 cm³/mol. The van der Waals surface area contributed by atoms with Crippen molar-refractivity contribution in [1.82, 2.24) is 10.2 Å². The zero-order chi connectivity index (χ0) is 21.2. The Hall–Kier alpha value is -2.01. The van der Waals surface area contributed by atoms with Crippen molar-refractivity contribution >= 4 is 5.91 Å². The van der Waals surface area contributed by atoms with Gasteiger partial charge in [-0.2, -0.15) is 0 Å². The van der Waals surface area contributed by atoms with E-state index in [2.05, 4.69) is 29.4 Å². The fourth-order valence-electron chi connectivity index (χ4n) is 3.42. The molecule has 1 amide bonds. The first-order valence-corrected chi connectivity index (χ1v) is 11.3. The van der Waals surface area contributed by atoms with E-state index in [1.807, 2.05) is 39.8 Å². The lowest BCUT2D eigenvalue weighted by Gasteiger charge is -2.33. The molecule has 0 spiro atoms. The van der Waals surface area contributed by atoms with Crippen LogP contribution in [-0.2, 0) is 11.2 Å². The van der Waals surface area contributed by atoms with E-state index in [9.17, 15) is 4.79 Å². The number of amides is 1. The molecule has 2 aliphatic rings. The van der Waals surface area contributed by atoms with Crippen molar-refractivity contribution in [1.29, 1.82) is 0 Å². The Balaban J connectivity index is 0.00000145. The number of rotatable bonds is 8. The third kappa shape index (κ3) is 7.39. The summed E-state index contributed by atoms with van der Waals surface area (Å²) >= 11 is 0. The lowest BCUT2D eigenvalue weighted by molar-refractivity contribution is -0.884. The van der Waals surface area contributed by atoms with E-state index in [1.165, 1.54) is 44.6 Å². The lowest BCUT2D eigenvalue weighted by Crippen LogP contribution is -3.11. The maximum absolute atomic E-state index is 11.8. The molecule has 5 nitrogen and oxygen atoms in total. The second-order valence-corrected chi connectivity index (χ2v) is 7.95. The van der Waals surface area contributed by atoms with Crippen molar-refractivity contribution in [3.8, 4) is 5.75 Å². The normalized spacial score (nSPS) is 17.1. The van der Waals surface area contributed by atoms with Gasteiger partial charge in [0.15, 0.2) is 6.73 Å². The molecule has 5 heteroatoms. The molecule has 1 aromatic rings. The van der Waals surface area contributed by atoms with Gasteiger partial charge in [-0.3, -0.25) is 4.79 Å². The largest absolute Gasteiger partial charge is 0.473 e. The predicted octanol–water partition coefficient (Wildman–Crippen LogP) is 2.63. The van der Waals surface area contributed by atoms with Crippen molar-refractivity contribution in [3.05, 3.63) is 41.1 Å². The smallest absolute Gasteiger partial charge is 0.225 e. The summed E-state index contributed by atoms with van der Waals surface area (Å²) in [5, 5.41) is 2.82. The lowest BCUT2D eigenvalue weighted by atomic mass is 10.1. The summed E-state index contributed by atoms with van der Waals surface area (Å²) in [7, 11) is 2.28. The number of quaternary nitrogens is 1. The van der Waals surface area contributed by atoms with E-state index in [1.54, 1.807) is 16.2 Å². The van der Waals surface area contributed by atoms with Gasteiger partial charge in [0.05, 0.1) is 33.2 Å². The van der Waals surface area contributed by atoms with Gasteiger partial charge in [0.2, 0.25) is 5.91 Å². The maximum atomic E-state index is 11.8. The van der Waals surface area contributed by atoms with Crippen molar-refractivity contribution in [2.75, 3.05) is 40.0 Å². The summed E-state index contributed by atoms with van der Waals surface area (Å²) in [6.07, 6.45) is 4.39. The molecule has 1 aromatic carbocycles. The van der Waals surface area contributed by atoms with E-state index in [0.29, 0.717) is 0 Å². The van der Waals surface area contributed by atoms with Crippen LogP contribution in [0.3, 0.4) is 0 Å². The highest BCUT2D eigenvalue weighted by molar-refractivity contribution is 5.77. The number of carbonyl (C=O) groups is 1. The van der Waals surface area contributed by atoms with Gasteiger partial charge in [0, 0.05) is 18.0 Å². The number of carbonyl (C=O) groups excluding carboxylic acids is 1. The summed E-state index contributed by atoms with van der Waals surface area (Å²) in [4.78, 5) is 16.0.